The van der Waals surface area contributed by atoms with Gasteiger partial charge < -0.3 is 10.6 Å². The molecule has 95 valence electrons. The van der Waals surface area contributed by atoms with E-state index in [1.54, 1.807) is 0 Å². The van der Waals surface area contributed by atoms with Crippen molar-refractivity contribution in [3.8, 4) is 0 Å². The summed E-state index contributed by atoms with van der Waals surface area (Å²) < 4.78 is 13.8. The van der Waals surface area contributed by atoms with Gasteiger partial charge >= 0.3 is 6.03 Å². The van der Waals surface area contributed by atoms with Crippen LogP contribution in [0.25, 0.3) is 0 Å². The quantitative estimate of drug-likeness (QED) is 0.823. The summed E-state index contributed by atoms with van der Waals surface area (Å²) >= 11 is 6.07. The average molecular weight is 269 g/mol. The number of hydrogen-bond donors (Lipinski definition) is 2. The number of nitrogens with zero attached hydrogens (tertiary/aromatic N) is 1. The summed E-state index contributed by atoms with van der Waals surface area (Å²) in [5, 5.41) is 9.76. The van der Waals surface area contributed by atoms with Crippen LogP contribution < -0.4 is 16.0 Å². The smallest absolute Gasteiger partial charge is 0.317 e. The van der Waals surface area contributed by atoms with E-state index in [9.17, 15) is 9.18 Å². The Kier molecular flexibility index (Phi) is 2.87. The van der Waals surface area contributed by atoms with Gasteiger partial charge in [0, 0.05) is 11.6 Å². The SMILES string of the molecule is O=C1[N]c2cc(F)c(Cl)c(C3CCNCC3)c2N1. The molecule has 1 radical (unpaired) electrons. The van der Waals surface area contributed by atoms with E-state index in [-0.39, 0.29) is 10.9 Å². The van der Waals surface area contributed by atoms with Crippen LogP contribution in [0, 0.1) is 5.82 Å². The van der Waals surface area contributed by atoms with Crippen molar-refractivity contribution in [2.75, 3.05) is 18.4 Å². The van der Waals surface area contributed by atoms with Crippen LogP contribution in [-0.4, -0.2) is 19.1 Å². The van der Waals surface area contributed by atoms with E-state index in [0.717, 1.165) is 25.9 Å². The number of anilines is 1. The third kappa shape index (κ3) is 1.83. The first-order valence-electron chi connectivity index (χ1n) is 5.92. The highest BCUT2D eigenvalue weighted by Crippen LogP contribution is 2.44. The molecule has 0 bridgehead atoms. The first kappa shape index (κ1) is 11.7. The number of hydrogen-bond acceptors (Lipinski definition) is 2. The van der Waals surface area contributed by atoms with Crippen molar-refractivity contribution in [2.45, 2.75) is 18.8 Å². The summed E-state index contributed by atoms with van der Waals surface area (Å²) in [6.07, 6.45) is 1.76. The average Bonchev–Trinajstić information content (AvgIpc) is 2.71. The van der Waals surface area contributed by atoms with Gasteiger partial charge in [-0.25, -0.2) is 9.18 Å². The first-order chi connectivity index (χ1) is 8.66. The summed E-state index contributed by atoms with van der Waals surface area (Å²) in [5.74, 6) is -0.346. The second kappa shape index (κ2) is 4.40. The van der Waals surface area contributed by atoms with Gasteiger partial charge in [-0.1, -0.05) is 11.6 Å². The van der Waals surface area contributed by atoms with Crippen LogP contribution in [0.5, 0.6) is 0 Å². The number of nitrogens with one attached hydrogen (secondary N) is 2. The molecule has 2 aliphatic rings. The van der Waals surface area contributed by atoms with Crippen LogP contribution in [0.4, 0.5) is 20.6 Å². The molecule has 1 aromatic rings. The van der Waals surface area contributed by atoms with Crippen molar-refractivity contribution in [1.29, 1.82) is 0 Å². The standard InChI is InChI=1S/C12H12ClFN3O/c13-10-7(14)5-8-11(17-12(18)16-8)9(10)6-1-3-15-4-2-6/h5-6,15H,1-4H2,(H,17,18). The lowest BCUT2D eigenvalue weighted by Crippen LogP contribution is -2.27. The molecule has 6 heteroatoms. The lowest BCUT2D eigenvalue weighted by Gasteiger charge is -2.25. The van der Waals surface area contributed by atoms with Crippen LogP contribution in [0.2, 0.25) is 5.02 Å². The molecule has 0 atom stereocenters. The van der Waals surface area contributed by atoms with Crippen LogP contribution >= 0.6 is 11.6 Å². The predicted octanol–water partition coefficient (Wildman–Crippen LogP) is 2.73. The lowest BCUT2D eigenvalue weighted by atomic mass is 9.88. The first-order valence-corrected chi connectivity index (χ1v) is 6.30. The Morgan fingerprint density at radius 2 is 2.11 bits per heavy atom. The molecule has 18 heavy (non-hydrogen) atoms. The molecule has 1 fully saturated rings. The summed E-state index contributed by atoms with van der Waals surface area (Å²) in [6, 6.07) is 0.752. The van der Waals surface area contributed by atoms with E-state index < -0.39 is 11.8 Å². The van der Waals surface area contributed by atoms with Gasteiger partial charge in [0.2, 0.25) is 0 Å². The number of benzene rings is 1. The van der Waals surface area contributed by atoms with Crippen LogP contribution in [-0.2, 0) is 0 Å². The van der Waals surface area contributed by atoms with Crippen LogP contribution in [0.1, 0.15) is 24.3 Å². The molecular weight excluding hydrogens is 257 g/mol. The highest BCUT2D eigenvalue weighted by molar-refractivity contribution is 6.32. The topological polar surface area (TPSA) is 55.2 Å². The molecule has 0 aliphatic carbocycles. The maximum Gasteiger partial charge on any atom is 0.346 e. The number of carbonyl (C=O) groups excluding carboxylic acids is 1. The van der Waals surface area contributed by atoms with E-state index in [0.29, 0.717) is 16.9 Å². The summed E-state index contributed by atoms with van der Waals surface area (Å²) in [6.45, 7) is 1.74. The Morgan fingerprint density at radius 1 is 1.39 bits per heavy atom. The highest BCUT2D eigenvalue weighted by Gasteiger charge is 2.30. The molecule has 2 aliphatic heterocycles. The minimum absolute atomic E-state index is 0.109. The van der Waals surface area contributed by atoms with E-state index in [1.807, 2.05) is 0 Å². The second-order valence-electron chi connectivity index (χ2n) is 4.55. The Labute approximate surface area is 109 Å². The Bertz CT molecular complexity index is 515. The molecule has 0 spiro atoms. The maximum absolute atomic E-state index is 13.8. The minimum Gasteiger partial charge on any atom is -0.317 e. The van der Waals surface area contributed by atoms with E-state index in [2.05, 4.69) is 16.0 Å². The number of halogens is 2. The largest absolute Gasteiger partial charge is 0.346 e. The second-order valence-corrected chi connectivity index (χ2v) is 4.92. The van der Waals surface area contributed by atoms with Crippen molar-refractivity contribution in [1.82, 2.24) is 10.6 Å². The monoisotopic (exact) mass is 268 g/mol. The molecular formula is C12H12ClFN3O. The summed E-state index contributed by atoms with van der Waals surface area (Å²) in [5.41, 5.74) is 1.64. The highest BCUT2D eigenvalue weighted by atomic mass is 35.5. The van der Waals surface area contributed by atoms with Gasteiger partial charge in [0.25, 0.3) is 0 Å². The number of carbonyl (C=O) groups is 1. The summed E-state index contributed by atoms with van der Waals surface area (Å²) in [7, 11) is 0. The van der Waals surface area contributed by atoms with Gasteiger partial charge in [-0.3, -0.25) is 0 Å². The molecule has 2 heterocycles. The Morgan fingerprint density at radius 3 is 2.83 bits per heavy atom. The van der Waals surface area contributed by atoms with Crippen LogP contribution in [0.3, 0.4) is 0 Å². The minimum atomic E-state index is -0.510. The molecule has 1 aromatic carbocycles. The van der Waals surface area contributed by atoms with E-state index in [4.69, 9.17) is 11.6 Å². The Hall–Kier alpha value is -1.33. The molecule has 2 N–H and O–H groups in total. The van der Waals surface area contributed by atoms with Crippen molar-refractivity contribution in [3.63, 3.8) is 0 Å². The lowest BCUT2D eigenvalue weighted by molar-refractivity contribution is 0.256. The van der Waals surface area contributed by atoms with Gasteiger partial charge in [0.1, 0.15) is 5.82 Å². The van der Waals surface area contributed by atoms with E-state index in [1.165, 1.54) is 6.07 Å². The fraction of sp³-hybridized carbons (Fsp3) is 0.417. The number of rotatable bonds is 1. The third-order valence-electron chi connectivity index (χ3n) is 3.44. The fourth-order valence-electron chi connectivity index (χ4n) is 2.59. The molecule has 0 saturated carbocycles. The van der Waals surface area contributed by atoms with E-state index >= 15 is 0 Å². The Balaban J connectivity index is 2.09. The maximum atomic E-state index is 13.8. The zero-order valence-electron chi connectivity index (χ0n) is 9.59. The molecule has 0 aromatic heterocycles. The van der Waals surface area contributed by atoms with Gasteiger partial charge in [-0.2, -0.15) is 5.32 Å². The van der Waals surface area contributed by atoms with Gasteiger partial charge in [0.15, 0.2) is 0 Å². The van der Waals surface area contributed by atoms with Crippen molar-refractivity contribution in [2.24, 2.45) is 0 Å². The van der Waals surface area contributed by atoms with Crippen molar-refractivity contribution in [3.05, 3.63) is 22.5 Å². The zero-order chi connectivity index (χ0) is 12.7. The van der Waals surface area contributed by atoms with Crippen LogP contribution in [0.15, 0.2) is 6.07 Å². The number of fused-ring (bicyclic) bond motifs is 1. The van der Waals surface area contributed by atoms with Crippen molar-refractivity contribution < 1.29 is 9.18 Å². The third-order valence-corrected chi connectivity index (χ3v) is 3.82. The van der Waals surface area contributed by atoms with Gasteiger partial charge in [-0.15, -0.1) is 0 Å². The fourth-order valence-corrected chi connectivity index (χ4v) is 2.89. The van der Waals surface area contributed by atoms with Gasteiger partial charge in [-0.05, 0) is 31.8 Å². The molecule has 0 unspecified atom stereocenters. The zero-order valence-corrected chi connectivity index (χ0v) is 10.4. The molecule has 4 nitrogen and oxygen atoms in total. The normalized spacial score (nSPS) is 19.3. The molecule has 3 rings (SSSR count). The molecule has 2 amide bonds. The predicted molar refractivity (Wildman–Crippen MR) is 67.1 cm³/mol. The van der Waals surface area contributed by atoms with Crippen molar-refractivity contribution >= 4 is 29.0 Å². The number of urea groups is 1. The van der Waals surface area contributed by atoms with Gasteiger partial charge in [0.05, 0.1) is 16.4 Å². The molecule has 1 saturated heterocycles. The number of piperidine rings is 1. The number of amides is 2. The summed E-state index contributed by atoms with van der Waals surface area (Å²) in [4.78, 5) is 11.3.